The van der Waals surface area contributed by atoms with E-state index in [1.807, 2.05) is 0 Å². The van der Waals surface area contributed by atoms with E-state index >= 15 is 0 Å². The minimum Gasteiger partial charge on any atom is -0.393 e. The molecule has 0 spiro atoms. The van der Waals surface area contributed by atoms with Gasteiger partial charge in [-0.3, -0.25) is 0 Å². The molecule has 14 heavy (non-hydrogen) atoms. The summed E-state index contributed by atoms with van der Waals surface area (Å²) in [6.45, 7) is 4.21. The molecule has 0 aromatic rings. The summed E-state index contributed by atoms with van der Waals surface area (Å²) in [6.07, 6.45) is 5.74. The molecule has 2 aliphatic rings. The number of aliphatic hydroxyl groups is 2. The molecule has 82 valence electrons. The molecule has 0 aliphatic heterocycles. The van der Waals surface area contributed by atoms with Crippen molar-refractivity contribution in [2.45, 2.75) is 64.1 Å². The molecule has 2 saturated carbocycles. The highest BCUT2D eigenvalue weighted by Gasteiger charge is 2.53. The molecule has 3 atom stereocenters. The molecule has 0 bridgehead atoms. The lowest BCUT2D eigenvalue weighted by Gasteiger charge is -2.55. The highest BCUT2D eigenvalue weighted by atomic mass is 16.3. The summed E-state index contributed by atoms with van der Waals surface area (Å²) in [4.78, 5) is 0. The third kappa shape index (κ3) is 1.40. The zero-order valence-electron chi connectivity index (χ0n) is 9.29. The van der Waals surface area contributed by atoms with E-state index in [1.54, 1.807) is 0 Å². The molecular weight excluding hydrogens is 176 g/mol. The van der Waals surface area contributed by atoms with E-state index in [2.05, 4.69) is 13.8 Å². The van der Waals surface area contributed by atoms with Gasteiger partial charge >= 0.3 is 0 Å². The average molecular weight is 198 g/mol. The molecule has 2 N–H and O–H groups in total. The Bertz CT molecular complexity index is 224. The van der Waals surface area contributed by atoms with Crippen molar-refractivity contribution in [2.24, 2.45) is 11.3 Å². The van der Waals surface area contributed by atoms with Crippen LogP contribution in [0.4, 0.5) is 0 Å². The summed E-state index contributed by atoms with van der Waals surface area (Å²) in [5.74, 6) is 0.329. The van der Waals surface area contributed by atoms with Crippen LogP contribution >= 0.6 is 0 Å². The predicted molar refractivity (Wildman–Crippen MR) is 55.9 cm³/mol. The fraction of sp³-hybridized carbons (Fsp3) is 1.00. The normalized spacial score (nSPS) is 47.1. The first-order valence-electron chi connectivity index (χ1n) is 5.86. The Balaban J connectivity index is 2.26. The van der Waals surface area contributed by atoms with Crippen LogP contribution in [-0.2, 0) is 0 Å². The second kappa shape index (κ2) is 3.21. The minimum absolute atomic E-state index is 0.115. The van der Waals surface area contributed by atoms with Crippen LogP contribution in [0.2, 0.25) is 0 Å². The van der Waals surface area contributed by atoms with Crippen LogP contribution in [0.5, 0.6) is 0 Å². The zero-order chi connectivity index (χ0) is 10.4. The van der Waals surface area contributed by atoms with Gasteiger partial charge in [-0.15, -0.1) is 0 Å². The van der Waals surface area contributed by atoms with E-state index in [0.29, 0.717) is 5.92 Å². The summed E-state index contributed by atoms with van der Waals surface area (Å²) in [6, 6.07) is 0. The Morgan fingerprint density at radius 1 is 1.21 bits per heavy atom. The Morgan fingerprint density at radius 3 is 2.64 bits per heavy atom. The Hall–Kier alpha value is -0.0800. The fourth-order valence-electron chi connectivity index (χ4n) is 3.61. The number of aliphatic hydroxyl groups excluding tert-OH is 1. The van der Waals surface area contributed by atoms with E-state index in [4.69, 9.17) is 0 Å². The molecule has 2 fully saturated rings. The van der Waals surface area contributed by atoms with Crippen molar-refractivity contribution in [1.82, 2.24) is 0 Å². The summed E-state index contributed by atoms with van der Waals surface area (Å²) in [7, 11) is 0. The molecule has 3 unspecified atom stereocenters. The summed E-state index contributed by atoms with van der Waals surface area (Å²) < 4.78 is 0. The Labute approximate surface area is 86.3 Å². The van der Waals surface area contributed by atoms with Gasteiger partial charge < -0.3 is 10.2 Å². The summed E-state index contributed by atoms with van der Waals surface area (Å²) in [5, 5.41) is 20.5. The minimum atomic E-state index is -0.509. The van der Waals surface area contributed by atoms with Crippen LogP contribution in [0, 0.1) is 11.3 Å². The van der Waals surface area contributed by atoms with Gasteiger partial charge in [0.1, 0.15) is 0 Å². The Morgan fingerprint density at radius 2 is 1.93 bits per heavy atom. The lowest BCUT2D eigenvalue weighted by molar-refractivity contribution is -0.181. The standard InChI is InChI=1S/C12H22O2/c1-11(2)8-10(13)7-9-5-3-4-6-12(9,11)14/h9-10,13-14H,3-8H2,1-2H3. The fourth-order valence-corrected chi connectivity index (χ4v) is 3.61. The van der Waals surface area contributed by atoms with Gasteiger partial charge in [0.2, 0.25) is 0 Å². The molecule has 2 nitrogen and oxygen atoms in total. The summed E-state index contributed by atoms with van der Waals surface area (Å²) >= 11 is 0. The lowest BCUT2D eigenvalue weighted by atomic mass is 9.55. The highest BCUT2D eigenvalue weighted by Crippen LogP contribution is 2.53. The molecule has 0 aromatic heterocycles. The van der Waals surface area contributed by atoms with Crippen molar-refractivity contribution in [1.29, 1.82) is 0 Å². The van der Waals surface area contributed by atoms with Gasteiger partial charge in [0.15, 0.2) is 0 Å². The smallest absolute Gasteiger partial charge is 0.0728 e. The maximum atomic E-state index is 10.7. The first-order valence-corrected chi connectivity index (χ1v) is 5.86. The van der Waals surface area contributed by atoms with Crippen molar-refractivity contribution in [2.75, 3.05) is 0 Å². The van der Waals surface area contributed by atoms with Crippen LogP contribution in [0.1, 0.15) is 52.4 Å². The van der Waals surface area contributed by atoms with E-state index in [9.17, 15) is 10.2 Å². The van der Waals surface area contributed by atoms with Gasteiger partial charge in [0.05, 0.1) is 11.7 Å². The van der Waals surface area contributed by atoms with Crippen LogP contribution < -0.4 is 0 Å². The van der Waals surface area contributed by atoms with Gasteiger partial charge in [-0.25, -0.2) is 0 Å². The second-order valence-corrected chi connectivity index (χ2v) is 5.84. The molecule has 2 aliphatic carbocycles. The molecule has 0 saturated heterocycles. The van der Waals surface area contributed by atoms with Gasteiger partial charge in [0.25, 0.3) is 0 Å². The van der Waals surface area contributed by atoms with Gasteiger partial charge in [0, 0.05) is 0 Å². The van der Waals surface area contributed by atoms with Crippen LogP contribution in [-0.4, -0.2) is 21.9 Å². The third-order valence-electron chi connectivity index (χ3n) is 4.51. The van der Waals surface area contributed by atoms with Gasteiger partial charge in [-0.1, -0.05) is 26.7 Å². The summed E-state index contributed by atoms with van der Waals surface area (Å²) in [5.41, 5.74) is -0.625. The maximum Gasteiger partial charge on any atom is 0.0728 e. The van der Waals surface area contributed by atoms with Crippen molar-refractivity contribution in [3.63, 3.8) is 0 Å². The molecule has 0 radical (unpaired) electrons. The van der Waals surface area contributed by atoms with Gasteiger partial charge in [-0.2, -0.15) is 0 Å². The quantitative estimate of drug-likeness (QED) is 0.625. The van der Waals surface area contributed by atoms with Crippen LogP contribution in [0.25, 0.3) is 0 Å². The zero-order valence-corrected chi connectivity index (χ0v) is 9.29. The predicted octanol–water partition coefficient (Wildman–Crippen LogP) is 2.09. The van der Waals surface area contributed by atoms with Crippen molar-refractivity contribution < 1.29 is 10.2 Å². The largest absolute Gasteiger partial charge is 0.393 e. The monoisotopic (exact) mass is 198 g/mol. The van der Waals surface area contributed by atoms with Crippen LogP contribution in [0.3, 0.4) is 0 Å². The molecule has 0 aromatic carbocycles. The number of fused-ring (bicyclic) bond motifs is 1. The first-order chi connectivity index (χ1) is 6.46. The molecular formula is C12H22O2. The van der Waals surface area contributed by atoms with Crippen molar-refractivity contribution >= 4 is 0 Å². The topological polar surface area (TPSA) is 40.5 Å². The molecule has 0 heterocycles. The molecule has 0 amide bonds. The van der Waals surface area contributed by atoms with Crippen molar-refractivity contribution in [3.8, 4) is 0 Å². The third-order valence-corrected chi connectivity index (χ3v) is 4.51. The molecule has 2 rings (SSSR count). The van der Waals surface area contributed by atoms with Crippen molar-refractivity contribution in [3.05, 3.63) is 0 Å². The molecule has 2 heteroatoms. The van der Waals surface area contributed by atoms with E-state index < -0.39 is 5.60 Å². The van der Waals surface area contributed by atoms with Gasteiger partial charge in [-0.05, 0) is 37.0 Å². The van der Waals surface area contributed by atoms with E-state index in [-0.39, 0.29) is 11.5 Å². The van der Waals surface area contributed by atoms with Crippen LogP contribution in [0.15, 0.2) is 0 Å². The van der Waals surface area contributed by atoms with E-state index in [1.165, 1.54) is 6.42 Å². The average Bonchev–Trinajstić information content (AvgIpc) is 2.06. The maximum absolute atomic E-state index is 10.7. The Kier molecular flexibility index (Phi) is 2.39. The second-order valence-electron chi connectivity index (χ2n) is 5.84. The lowest BCUT2D eigenvalue weighted by Crippen LogP contribution is -2.57. The number of rotatable bonds is 0. The number of hydrogen-bond acceptors (Lipinski definition) is 2. The highest BCUT2D eigenvalue weighted by molar-refractivity contribution is 5.05. The first kappa shape index (κ1) is 10.4. The van der Waals surface area contributed by atoms with E-state index in [0.717, 1.165) is 32.1 Å². The number of hydrogen-bond donors (Lipinski definition) is 2. The SMILES string of the molecule is CC1(C)CC(O)CC2CCCCC21O.